The molecule has 1 aliphatic rings. The zero-order chi connectivity index (χ0) is 17.1. The van der Waals surface area contributed by atoms with Gasteiger partial charge in [-0.2, -0.15) is 0 Å². The predicted molar refractivity (Wildman–Crippen MR) is 83.2 cm³/mol. The number of nitrogens with zero attached hydrogens (tertiary/aromatic N) is 1. The van der Waals surface area contributed by atoms with Gasteiger partial charge in [0.25, 0.3) is 11.8 Å². The van der Waals surface area contributed by atoms with Crippen LogP contribution in [0.2, 0.25) is 0 Å². The Morgan fingerprint density at radius 1 is 1.08 bits per heavy atom. The van der Waals surface area contributed by atoms with Gasteiger partial charge in [0.05, 0.1) is 12.0 Å². The number of carbonyl (C=O) groups excluding carboxylic acids is 3. The number of anilines is 1. The number of benzene rings is 1. The Morgan fingerprint density at radius 2 is 1.83 bits per heavy atom. The first kappa shape index (κ1) is 15.4. The third-order valence-corrected chi connectivity index (χ3v) is 3.25. The molecule has 1 aromatic heterocycles. The van der Waals surface area contributed by atoms with Crippen molar-refractivity contribution < 1.29 is 23.2 Å². The van der Waals surface area contributed by atoms with Crippen LogP contribution in [0.25, 0.3) is 6.08 Å². The van der Waals surface area contributed by atoms with Crippen molar-refractivity contribution in [1.29, 1.82) is 0 Å². The molecule has 2 aromatic rings. The number of urea groups is 1. The summed E-state index contributed by atoms with van der Waals surface area (Å²) in [5.41, 5.74) is -0.0611. The summed E-state index contributed by atoms with van der Waals surface area (Å²) in [6.45, 7) is 0. The highest BCUT2D eigenvalue weighted by atomic mass is 19.1. The summed E-state index contributed by atoms with van der Waals surface area (Å²) in [5.74, 6) is -1.55. The number of allylic oxidation sites excluding steroid dienone is 2. The number of imide groups is 2. The first-order chi connectivity index (χ1) is 11.6. The van der Waals surface area contributed by atoms with Gasteiger partial charge in [-0.05, 0) is 48.6 Å². The van der Waals surface area contributed by atoms with Crippen molar-refractivity contribution in [2.24, 2.45) is 0 Å². The third-order valence-electron chi connectivity index (χ3n) is 3.25. The van der Waals surface area contributed by atoms with Gasteiger partial charge in [-0.1, -0.05) is 6.08 Å². The highest BCUT2D eigenvalue weighted by Gasteiger charge is 2.36. The fourth-order valence-electron chi connectivity index (χ4n) is 2.13. The van der Waals surface area contributed by atoms with Crippen LogP contribution in [0.5, 0.6) is 0 Å². The summed E-state index contributed by atoms with van der Waals surface area (Å²) < 4.78 is 18.1. The number of hydrogen-bond donors (Lipinski definition) is 1. The maximum absolute atomic E-state index is 13.0. The standard InChI is InChI=1S/C17H11FN2O4/c18-11-6-8-12(9-7-11)20-16(22)14(15(21)19-17(20)23)5-1-3-13-4-2-10-24-13/h1-10H,(H,19,21,23)/b3-1+,14-5-. The van der Waals surface area contributed by atoms with Gasteiger partial charge in [0.15, 0.2) is 0 Å². The van der Waals surface area contributed by atoms with E-state index in [1.54, 1.807) is 18.2 Å². The van der Waals surface area contributed by atoms with E-state index in [1.807, 2.05) is 0 Å². The monoisotopic (exact) mass is 326 g/mol. The zero-order valence-electron chi connectivity index (χ0n) is 12.2. The summed E-state index contributed by atoms with van der Waals surface area (Å²) in [7, 11) is 0. The average molecular weight is 326 g/mol. The van der Waals surface area contributed by atoms with E-state index >= 15 is 0 Å². The Labute approximate surface area is 135 Å². The van der Waals surface area contributed by atoms with E-state index in [4.69, 9.17) is 4.42 Å². The van der Waals surface area contributed by atoms with Crippen molar-refractivity contribution in [3.63, 3.8) is 0 Å². The van der Waals surface area contributed by atoms with Gasteiger partial charge in [-0.15, -0.1) is 0 Å². The van der Waals surface area contributed by atoms with E-state index < -0.39 is 23.7 Å². The van der Waals surface area contributed by atoms with Gasteiger partial charge < -0.3 is 4.42 Å². The number of furan rings is 1. The van der Waals surface area contributed by atoms with Gasteiger partial charge in [0, 0.05) is 0 Å². The number of amides is 4. The van der Waals surface area contributed by atoms with Crippen molar-refractivity contribution in [3.05, 3.63) is 72.0 Å². The molecule has 0 unspecified atom stereocenters. The Bertz CT molecular complexity index is 851. The smallest absolute Gasteiger partial charge is 0.335 e. The van der Waals surface area contributed by atoms with Crippen LogP contribution in [0.4, 0.5) is 14.9 Å². The van der Waals surface area contributed by atoms with Crippen molar-refractivity contribution in [1.82, 2.24) is 5.32 Å². The van der Waals surface area contributed by atoms with E-state index in [0.29, 0.717) is 5.76 Å². The number of hydrogen-bond acceptors (Lipinski definition) is 4. The molecule has 1 aromatic carbocycles. The van der Waals surface area contributed by atoms with Crippen LogP contribution in [0, 0.1) is 5.82 Å². The highest BCUT2D eigenvalue weighted by Crippen LogP contribution is 2.20. The Hall–Kier alpha value is -3.48. The fourth-order valence-corrected chi connectivity index (χ4v) is 2.13. The average Bonchev–Trinajstić information content (AvgIpc) is 3.05. The normalized spacial score (nSPS) is 17.0. The number of barbiturate groups is 1. The fraction of sp³-hybridized carbons (Fsp3) is 0. The second-order valence-electron chi connectivity index (χ2n) is 4.83. The summed E-state index contributed by atoms with van der Waals surface area (Å²) in [6, 6.07) is 7.30. The van der Waals surface area contributed by atoms with E-state index in [-0.39, 0.29) is 11.3 Å². The van der Waals surface area contributed by atoms with E-state index in [2.05, 4.69) is 5.32 Å². The second-order valence-corrected chi connectivity index (χ2v) is 4.83. The molecule has 1 saturated heterocycles. The van der Waals surface area contributed by atoms with Crippen LogP contribution in [-0.2, 0) is 9.59 Å². The lowest BCUT2D eigenvalue weighted by Gasteiger charge is -2.26. The highest BCUT2D eigenvalue weighted by molar-refractivity contribution is 6.37. The first-order valence-electron chi connectivity index (χ1n) is 6.93. The van der Waals surface area contributed by atoms with Crippen molar-refractivity contribution in [2.45, 2.75) is 0 Å². The number of carbonyl (C=O) groups is 3. The maximum Gasteiger partial charge on any atom is 0.335 e. The molecule has 2 heterocycles. The number of rotatable bonds is 3. The molecule has 0 atom stereocenters. The molecular weight excluding hydrogens is 315 g/mol. The molecule has 0 aliphatic carbocycles. The molecule has 1 N–H and O–H groups in total. The first-order valence-corrected chi connectivity index (χ1v) is 6.93. The van der Waals surface area contributed by atoms with Gasteiger partial charge in [0.1, 0.15) is 17.2 Å². The lowest BCUT2D eigenvalue weighted by molar-refractivity contribution is -0.122. The summed E-state index contributed by atoms with van der Waals surface area (Å²) in [6.07, 6.45) is 5.79. The van der Waals surface area contributed by atoms with Crippen molar-refractivity contribution in [3.8, 4) is 0 Å². The van der Waals surface area contributed by atoms with E-state index in [0.717, 1.165) is 17.0 Å². The van der Waals surface area contributed by atoms with Crippen LogP contribution in [0.1, 0.15) is 5.76 Å². The summed E-state index contributed by atoms with van der Waals surface area (Å²) in [5, 5.41) is 2.07. The minimum Gasteiger partial charge on any atom is -0.465 e. The minimum atomic E-state index is -0.885. The van der Waals surface area contributed by atoms with Crippen molar-refractivity contribution in [2.75, 3.05) is 4.90 Å². The minimum absolute atomic E-state index is 0.160. The molecule has 6 nitrogen and oxygen atoms in total. The molecule has 1 fully saturated rings. The third kappa shape index (κ3) is 3.00. The van der Waals surface area contributed by atoms with Gasteiger partial charge in [0.2, 0.25) is 0 Å². The second kappa shape index (κ2) is 6.33. The molecule has 3 rings (SSSR count). The van der Waals surface area contributed by atoms with Gasteiger partial charge in [-0.3, -0.25) is 14.9 Å². The maximum atomic E-state index is 13.0. The molecule has 24 heavy (non-hydrogen) atoms. The van der Waals surface area contributed by atoms with Crippen LogP contribution in [0.15, 0.2) is 64.8 Å². The summed E-state index contributed by atoms with van der Waals surface area (Å²) >= 11 is 0. The molecule has 0 spiro atoms. The van der Waals surface area contributed by atoms with Crippen LogP contribution < -0.4 is 10.2 Å². The van der Waals surface area contributed by atoms with E-state index in [9.17, 15) is 18.8 Å². The molecule has 0 saturated carbocycles. The number of nitrogens with one attached hydrogen (secondary N) is 1. The molecule has 7 heteroatoms. The van der Waals surface area contributed by atoms with Gasteiger partial charge in [-0.25, -0.2) is 14.1 Å². The zero-order valence-corrected chi connectivity index (χ0v) is 12.2. The van der Waals surface area contributed by atoms with Gasteiger partial charge >= 0.3 is 6.03 Å². The van der Waals surface area contributed by atoms with E-state index in [1.165, 1.54) is 30.5 Å². The Morgan fingerprint density at radius 3 is 2.50 bits per heavy atom. The Kier molecular flexibility index (Phi) is 4.07. The molecule has 0 bridgehead atoms. The molecule has 0 radical (unpaired) electrons. The van der Waals surface area contributed by atoms with Crippen LogP contribution in [-0.4, -0.2) is 17.8 Å². The molecule has 1 aliphatic heterocycles. The van der Waals surface area contributed by atoms with Crippen LogP contribution in [0.3, 0.4) is 0 Å². The molecule has 120 valence electrons. The largest absolute Gasteiger partial charge is 0.465 e. The quantitative estimate of drug-likeness (QED) is 0.694. The SMILES string of the molecule is O=C1NC(=O)N(c2ccc(F)cc2)C(=O)/C1=C\C=C\c1ccco1. The van der Waals surface area contributed by atoms with Crippen molar-refractivity contribution >= 4 is 29.6 Å². The lowest BCUT2D eigenvalue weighted by atomic mass is 10.1. The lowest BCUT2D eigenvalue weighted by Crippen LogP contribution is -2.54. The topological polar surface area (TPSA) is 79.6 Å². The summed E-state index contributed by atoms with van der Waals surface area (Å²) in [4.78, 5) is 37.0. The Balaban J connectivity index is 1.89. The number of halogens is 1. The van der Waals surface area contributed by atoms with Crippen LogP contribution >= 0.6 is 0 Å². The molecular formula is C17H11FN2O4. The predicted octanol–water partition coefficient (Wildman–Crippen LogP) is 2.64. The molecule has 4 amide bonds.